The average Bonchev–Trinajstić information content (AvgIpc) is 2.95. The number of hydrogen-bond acceptors (Lipinski definition) is 7. The molecule has 1 aliphatic heterocycles. The molecular weight excluding hydrogens is 482 g/mol. The number of nitrogens with one attached hydrogen (secondary N) is 1. The van der Waals surface area contributed by atoms with Gasteiger partial charge >= 0.3 is 0 Å². The highest BCUT2D eigenvalue weighted by Crippen LogP contribution is 2.19. The summed E-state index contributed by atoms with van der Waals surface area (Å²) >= 11 is 1.42. The van der Waals surface area contributed by atoms with Gasteiger partial charge in [0.25, 0.3) is 5.91 Å². The van der Waals surface area contributed by atoms with Crippen LogP contribution < -0.4 is 5.32 Å². The molecule has 5 atom stereocenters. The fourth-order valence-electron chi connectivity index (χ4n) is 3.43. The molecule has 0 spiro atoms. The minimum Gasteiger partial charge on any atom is -0.387 e. The molecule has 2 amide bonds. The minimum atomic E-state index is -1.77. The molecule has 1 saturated heterocycles. The molecule has 0 radical (unpaired) electrons. The Morgan fingerprint density at radius 2 is 1.94 bits per heavy atom. The van der Waals surface area contributed by atoms with E-state index < -0.39 is 53.9 Å². The zero-order chi connectivity index (χ0) is 26.3. The molecule has 2 rings (SSSR count). The van der Waals surface area contributed by atoms with Crippen LogP contribution in [0.2, 0.25) is 0 Å². The highest BCUT2D eigenvalue weighted by Gasteiger charge is 2.38. The lowest BCUT2D eigenvalue weighted by Gasteiger charge is -2.29. The Kier molecular flexibility index (Phi) is 10.6. The van der Waals surface area contributed by atoms with Crippen LogP contribution in [0.15, 0.2) is 30.4 Å². The number of aliphatic hydroxyl groups is 3. The summed E-state index contributed by atoms with van der Waals surface area (Å²) in [6, 6.07) is 2.43. The van der Waals surface area contributed by atoms with Crippen LogP contribution in [0.5, 0.6) is 0 Å². The lowest BCUT2D eigenvalue weighted by atomic mass is 9.94. The van der Waals surface area contributed by atoms with Gasteiger partial charge in [-0.25, -0.2) is 8.78 Å². The second kappa shape index (κ2) is 12.8. The molecule has 0 saturated carbocycles. The van der Waals surface area contributed by atoms with Gasteiger partial charge in [0.05, 0.1) is 0 Å². The number of rotatable bonds is 9. The maximum Gasteiger partial charge on any atom is 0.252 e. The van der Waals surface area contributed by atoms with E-state index in [1.807, 2.05) is 20.8 Å². The Labute approximate surface area is 208 Å². The van der Waals surface area contributed by atoms with Crippen molar-refractivity contribution in [3.8, 4) is 0 Å². The average molecular weight is 517 g/mol. The van der Waals surface area contributed by atoms with Gasteiger partial charge < -0.3 is 30.3 Å². The quantitative estimate of drug-likeness (QED) is 0.365. The van der Waals surface area contributed by atoms with E-state index >= 15 is 0 Å². The van der Waals surface area contributed by atoms with Crippen LogP contribution in [-0.2, 0) is 20.9 Å². The number of ether oxygens (including phenoxy) is 1. The number of aliphatic hydroxyl groups excluding tert-OH is 3. The fourth-order valence-corrected chi connectivity index (χ4v) is 4.41. The molecule has 1 aliphatic rings. The number of thioether (sulfide) groups is 1. The van der Waals surface area contributed by atoms with Crippen molar-refractivity contribution in [1.82, 2.24) is 10.2 Å². The normalized spacial score (nSPS) is 20.9. The lowest BCUT2D eigenvalue weighted by molar-refractivity contribution is -0.151. The first-order chi connectivity index (χ1) is 16.3. The smallest absolute Gasteiger partial charge is 0.252 e. The van der Waals surface area contributed by atoms with Crippen molar-refractivity contribution in [2.45, 2.75) is 57.8 Å². The molecule has 0 bridgehead atoms. The molecule has 11 heteroatoms. The third-order valence-corrected chi connectivity index (χ3v) is 6.43. The maximum atomic E-state index is 13.6. The maximum absolute atomic E-state index is 13.6. The first kappa shape index (κ1) is 29.2. The minimum absolute atomic E-state index is 0.0321. The van der Waals surface area contributed by atoms with Crippen LogP contribution in [0.1, 0.15) is 26.3 Å². The van der Waals surface area contributed by atoms with Gasteiger partial charge in [0.15, 0.2) is 17.7 Å². The molecular formula is C24H34F2N2O6S. The summed E-state index contributed by atoms with van der Waals surface area (Å²) in [4.78, 5) is 27.4. The predicted octanol–water partition coefficient (Wildman–Crippen LogP) is 1.22. The van der Waals surface area contributed by atoms with Crippen LogP contribution in [0, 0.1) is 17.0 Å². The molecule has 8 nitrogen and oxygen atoms in total. The summed E-state index contributed by atoms with van der Waals surface area (Å²) in [5.74, 6) is -2.43. The molecule has 4 N–H and O–H groups in total. The van der Waals surface area contributed by atoms with E-state index in [1.165, 1.54) is 28.8 Å². The zero-order valence-electron chi connectivity index (χ0n) is 20.3. The van der Waals surface area contributed by atoms with Gasteiger partial charge in [0.2, 0.25) is 5.91 Å². The topological polar surface area (TPSA) is 119 Å². The number of allylic oxidation sites excluding steroid dienone is 1. The molecule has 0 aromatic heterocycles. The number of hydrogen-bond donors (Lipinski definition) is 4. The summed E-state index contributed by atoms with van der Waals surface area (Å²) in [7, 11) is 1.16. The van der Waals surface area contributed by atoms with Gasteiger partial charge in [-0.2, -0.15) is 11.8 Å². The van der Waals surface area contributed by atoms with Crippen LogP contribution in [0.4, 0.5) is 8.78 Å². The highest BCUT2D eigenvalue weighted by molar-refractivity contribution is 7.99. The summed E-state index contributed by atoms with van der Waals surface area (Å²) in [5, 5.41) is 33.6. The lowest BCUT2D eigenvalue weighted by Crippen LogP contribution is -2.56. The van der Waals surface area contributed by atoms with Crippen LogP contribution in [0.3, 0.4) is 0 Å². The van der Waals surface area contributed by atoms with Crippen molar-refractivity contribution in [2.24, 2.45) is 5.41 Å². The van der Waals surface area contributed by atoms with Crippen LogP contribution in [0.25, 0.3) is 0 Å². The van der Waals surface area contributed by atoms with Gasteiger partial charge in [0.1, 0.15) is 24.4 Å². The number of halogens is 2. The second-order valence-corrected chi connectivity index (χ2v) is 10.6. The molecule has 1 unspecified atom stereocenters. The van der Waals surface area contributed by atoms with E-state index in [4.69, 9.17) is 4.74 Å². The van der Waals surface area contributed by atoms with Crippen molar-refractivity contribution in [1.29, 1.82) is 0 Å². The molecule has 1 aromatic carbocycles. The van der Waals surface area contributed by atoms with Gasteiger partial charge in [-0.15, -0.1) is 0 Å². The summed E-state index contributed by atoms with van der Waals surface area (Å²) in [6.45, 7) is 6.05. The van der Waals surface area contributed by atoms with Crippen molar-refractivity contribution >= 4 is 23.6 Å². The van der Waals surface area contributed by atoms with Crippen molar-refractivity contribution in [3.05, 3.63) is 47.5 Å². The summed E-state index contributed by atoms with van der Waals surface area (Å²) in [5.41, 5.74) is 0.132. The molecule has 1 aromatic rings. The predicted molar refractivity (Wildman–Crippen MR) is 128 cm³/mol. The molecule has 0 aliphatic carbocycles. The number of carbonyl (C=O) groups is 2. The Morgan fingerprint density at radius 1 is 1.26 bits per heavy atom. The van der Waals surface area contributed by atoms with Crippen molar-refractivity contribution in [3.63, 3.8) is 0 Å². The first-order valence-corrected chi connectivity index (χ1v) is 12.4. The van der Waals surface area contributed by atoms with E-state index in [0.717, 1.165) is 19.2 Å². The second-order valence-electron chi connectivity index (χ2n) is 9.50. The zero-order valence-corrected chi connectivity index (χ0v) is 21.1. The van der Waals surface area contributed by atoms with E-state index in [1.54, 1.807) is 6.08 Å². The Morgan fingerprint density at radius 3 is 2.54 bits per heavy atom. The molecule has 1 fully saturated rings. The monoisotopic (exact) mass is 516 g/mol. The van der Waals surface area contributed by atoms with Gasteiger partial charge in [0, 0.05) is 31.7 Å². The van der Waals surface area contributed by atoms with E-state index in [0.29, 0.717) is 17.9 Å². The molecule has 35 heavy (non-hydrogen) atoms. The fraction of sp³-hybridized carbons (Fsp3) is 0.583. The number of carbonyl (C=O) groups excluding carboxylic acids is 2. The van der Waals surface area contributed by atoms with Crippen LogP contribution in [-0.4, -0.2) is 87.7 Å². The van der Waals surface area contributed by atoms with Gasteiger partial charge in [-0.1, -0.05) is 39.0 Å². The van der Waals surface area contributed by atoms with Crippen molar-refractivity contribution < 1.29 is 38.4 Å². The molecule has 1 heterocycles. The number of benzene rings is 1. The van der Waals surface area contributed by atoms with Crippen molar-refractivity contribution in [2.75, 3.05) is 25.2 Å². The van der Waals surface area contributed by atoms with Crippen LogP contribution >= 0.6 is 11.8 Å². The Balaban J connectivity index is 2.08. The third-order valence-electron chi connectivity index (χ3n) is 5.39. The number of nitrogens with zero attached hydrogens (tertiary/aromatic N) is 1. The highest BCUT2D eigenvalue weighted by atomic mass is 32.2. The number of amides is 2. The first-order valence-electron chi connectivity index (χ1n) is 11.2. The summed E-state index contributed by atoms with van der Waals surface area (Å²) in [6.07, 6.45) is -3.49. The standard InChI is InChI=1S/C24H34F2N2O6S/c1-24(2,3)8-7-18(29)19(30)20(31)21(34-4)22(32)27-17-13-35-10-9-28(23(17)33)12-14-5-6-15(25)16(26)11-14/h5-8,11,17-21,29-31H,9-10,12-13H2,1-4H3,(H,27,32)/t17?,18-,19+,20-,21-/m1/s1. The summed E-state index contributed by atoms with van der Waals surface area (Å²) < 4.78 is 31.9. The third kappa shape index (κ3) is 8.53. The largest absolute Gasteiger partial charge is 0.387 e. The van der Waals surface area contributed by atoms with Gasteiger partial charge in [-0.3, -0.25) is 9.59 Å². The molecule has 196 valence electrons. The van der Waals surface area contributed by atoms with E-state index in [2.05, 4.69) is 5.32 Å². The van der Waals surface area contributed by atoms with Gasteiger partial charge in [-0.05, 0) is 23.1 Å². The van der Waals surface area contributed by atoms with E-state index in [9.17, 15) is 33.7 Å². The Hall–Kier alpha value is -2.05. The number of methoxy groups -OCH3 is 1. The SMILES string of the molecule is CO[C@@H](C(=O)NC1CSCCN(Cc2ccc(F)c(F)c2)C1=O)[C@H](O)[C@@H](O)[C@H](O)C=CC(C)(C)C. The van der Waals surface area contributed by atoms with E-state index in [-0.39, 0.29) is 17.7 Å². The Bertz CT molecular complexity index is 910.